The summed E-state index contributed by atoms with van der Waals surface area (Å²) in [5.74, 6) is 0. The minimum Gasteiger partial charge on any atom is -0.298 e. The van der Waals surface area contributed by atoms with Gasteiger partial charge in [-0.2, -0.15) is 0 Å². The molecule has 0 amide bonds. The lowest BCUT2D eigenvalue weighted by Crippen LogP contribution is -1.81. The van der Waals surface area contributed by atoms with Gasteiger partial charge in [0.25, 0.3) is 0 Å². The fourth-order valence-electron chi connectivity index (χ4n) is 0.213. The lowest BCUT2D eigenvalue weighted by Gasteiger charge is -1.78. The van der Waals surface area contributed by atoms with E-state index in [0.717, 1.165) is 0 Å². The zero-order chi connectivity index (χ0) is 6.57. The van der Waals surface area contributed by atoms with Crippen molar-refractivity contribution in [1.82, 2.24) is 0 Å². The monoisotopic (exact) mass is 176 g/mol. The molecule has 0 fully saturated rings. The predicted molar refractivity (Wildman–Crippen MR) is 33.8 cm³/mol. The van der Waals surface area contributed by atoms with Crippen LogP contribution in [-0.4, -0.2) is 11.0 Å². The summed E-state index contributed by atoms with van der Waals surface area (Å²) in [5.41, 5.74) is 0.423. The molecular formula is C5H5BrO2. The highest BCUT2D eigenvalue weighted by Crippen LogP contribution is 1.91. The van der Waals surface area contributed by atoms with E-state index in [1.54, 1.807) is 6.92 Å². The first-order valence-corrected chi connectivity index (χ1v) is 2.79. The number of hydrogen-bond donors (Lipinski definition) is 0. The van der Waals surface area contributed by atoms with Crippen molar-refractivity contribution in [2.24, 2.45) is 0 Å². The number of hydrogen-bond acceptors (Lipinski definition) is 2. The molecule has 0 radical (unpaired) electrons. The van der Waals surface area contributed by atoms with Gasteiger partial charge in [-0.1, -0.05) is 0 Å². The van der Waals surface area contributed by atoms with E-state index in [0.29, 0.717) is 11.9 Å². The maximum absolute atomic E-state index is 10.1. The second-order valence-electron chi connectivity index (χ2n) is 1.31. The molecule has 2 nitrogen and oxygen atoms in total. The van der Waals surface area contributed by atoms with Crippen LogP contribution < -0.4 is 0 Å². The van der Waals surface area contributed by atoms with Crippen LogP contribution in [0.25, 0.3) is 0 Å². The van der Waals surface area contributed by atoms with Crippen molar-refractivity contribution in [2.45, 2.75) is 6.92 Å². The first-order chi connectivity index (χ1) is 3.66. The Hall–Kier alpha value is -0.440. The van der Waals surface area contributed by atoms with Gasteiger partial charge in [-0.15, -0.1) is 0 Å². The second kappa shape index (κ2) is 3.55. The summed E-state index contributed by atoms with van der Waals surface area (Å²) in [6.07, 6.45) is 1.84. The molecule has 0 aliphatic heterocycles. The van der Waals surface area contributed by atoms with Crippen molar-refractivity contribution in [3.8, 4) is 0 Å². The molecular weight excluding hydrogens is 172 g/mol. The van der Waals surface area contributed by atoms with E-state index in [4.69, 9.17) is 0 Å². The zero-order valence-corrected chi connectivity index (χ0v) is 5.94. The number of rotatable bonds is 2. The maximum Gasteiger partial charge on any atom is 0.221 e. The molecule has 3 heteroatoms. The number of allylic oxidation sites excluding steroid dienone is 2. The molecule has 0 spiro atoms. The summed E-state index contributed by atoms with van der Waals surface area (Å²) in [4.78, 5) is 19.9. The maximum atomic E-state index is 10.1. The van der Waals surface area contributed by atoms with Crippen molar-refractivity contribution in [2.75, 3.05) is 0 Å². The van der Waals surface area contributed by atoms with Crippen LogP contribution in [0.5, 0.6) is 0 Å². The second-order valence-corrected chi connectivity index (χ2v) is 2.09. The highest BCUT2D eigenvalue weighted by atomic mass is 79.9. The third kappa shape index (κ3) is 3.74. The Kier molecular flexibility index (Phi) is 3.35. The normalized spacial score (nSPS) is 11.0. The van der Waals surface area contributed by atoms with E-state index in [1.165, 1.54) is 6.08 Å². The largest absolute Gasteiger partial charge is 0.298 e. The number of aldehydes is 1. The predicted octanol–water partition coefficient (Wildman–Crippen LogP) is 1.05. The number of carbonyl (C=O) groups is 2. The van der Waals surface area contributed by atoms with Gasteiger partial charge >= 0.3 is 0 Å². The summed E-state index contributed by atoms with van der Waals surface area (Å²) >= 11 is 2.64. The lowest BCUT2D eigenvalue weighted by atomic mass is 10.3. The van der Waals surface area contributed by atoms with Crippen LogP contribution in [0.3, 0.4) is 0 Å². The van der Waals surface area contributed by atoms with Crippen LogP contribution in [0.4, 0.5) is 0 Å². The van der Waals surface area contributed by atoms with Crippen LogP contribution in [0, 0.1) is 0 Å². The van der Waals surface area contributed by atoms with Crippen molar-refractivity contribution < 1.29 is 9.59 Å². The molecule has 0 saturated carbocycles. The van der Waals surface area contributed by atoms with Gasteiger partial charge in [0, 0.05) is 0 Å². The molecule has 0 aromatic rings. The molecule has 0 N–H and O–H groups in total. The summed E-state index contributed by atoms with van der Waals surface area (Å²) in [6.45, 7) is 1.56. The Morgan fingerprint density at radius 1 is 1.62 bits per heavy atom. The summed E-state index contributed by atoms with van der Waals surface area (Å²) < 4.78 is -0.276. The molecule has 0 saturated heterocycles. The average molecular weight is 177 g/mol. The van der Waals surface area contributed by atoms with E-state index in [2.05, 4.69) is 15.9 Å². The Morgan fingerprint density at radius 2 is 2.12 bits per heavy atom. The molecule has 0 aliphatic rings. The average Bonchev–Trinajstić information content (AvgIpc) is 1.65. The Balaban J connectivity index is 3.94. The number of halogens is 1. The Labute approximate surface area is 55.7 Å². The molecule has 0 bridgehead atoms. The van der Waals surface area contributed by atoms with E-state index >= 15 is 0 Å². The van der Waals surface area contributed by atoms with Crippen LogP contribution in [0.1, 0.15) is 6.92 Å². The van der Waals surface area contributed by atoms with Crippen molar-refractivity contribution in [3.05, 3.63) is 11.6 Å². The van der Waals surface area contributed by atoms with Crippen molar-refractivity contribution >= 4 is 26.9 Å². The van der Waals surface area contributed by atoms with Crippen LogP contribution in [-0.2, 0) is 9.59 Å². The van der Waals surface area contributed by atoms with Crippen LogP contribution in [0.15, 0.2) is 11.6 Å². The van der Waals surface area contributed by atoms with E-state index in [1.807, 2.05) is 0 Å². The fraction of sp³-hybridized carbons (Fsp3) is 0.200. The molecule has 8 heavy (non-hydrogen) atoms. The Bertz CT molecular complexity index is 137. The van der Waals surface area contributed by atoms with E-state index < -0.39 is 0 Å². The van der Waals surface area contributed by atoms with E-state index in [9.17, 15) is 9.59 Å². The Morgan fingerprint density at radius 3 is 2.25 bits per heavy atom. The quantitative estimate of drug-likeness (QED) is 0.359. The van der Waals surface area contributed by atoms with Crippen LogP contribution in [0.2, 0.25) is 0 Å². The highest BCUT2D eigenvalue weighted by Gasteiger charge is 1.87. The molecule has 0 unspecified atom stereocenters. The zero-order valence-electron chi connectivity index (χ0n) is 4.35. The minimum atomic E-state index is -0.276. The third-order valence-corrected chi connectivity index (χ3v) is 0.756. The van der Waals surface area contributed by atoms with E-state index in [-0.39, 0.29) is 4.69 Å². The van der Waals surface area contributed by atoms with Gasteiger partial charge in [-0.3, -0.25) is 9.59 Å². The SMILES string of the molecule is C/C(C=O)=C\C(=O)Br. The highest BCUT2D eigenvalue weighted by molar-refractivity contribution is 9.18. The van der Waals surface area contributed by atoms with Gasteiger partial charge in [0.1, 0.15) is 6.29 Å². The molecule has 0 atom stereocenters. The molecule has 0 aromatic carbocycles. The van der Waals surface area contributed by atoms with Gasteiger partial charge in [0.05, 0.1) is 0 Å². The smallest absolute Gasteiger partial charge is 0.221 e. The fourth-order valence-corrected chi connectivity index (χ4v) is 0.574. The summed E-state index contributed by atoms with van der Waals surface area (Å²) in [5, 5.41) is 0. The molecule has 0 heterocycles. The van der Waals surface area contributed by atoms with Gasteiger partial charge < -0.3 is 0 Å². The molecule has 0 aromatic heterocycles. The summed E-state index contributed by atoms with van der Waals surface area (Å²) in [7, 11) is 0. The first kappa shape index (κ1) is 7.56. The third-order valence-electron chi connectivity index (χ3n) is 0.527. The molecule has 0 aliphatic carbocycles. The van der Waals surface area contributed by atoms with Gasteiger partial charge in [-0.25, -0.2) is 0 Å². The molecule has 44 valence electrons. The lowest BCUT2D eigenvalue weighted by molar-refractivity contribution is -0.107. The van der Waals surface area contributed by atoms with Crippen LogP contribution >= 0.6 is 15.9 Å². The standard InChI is InChI=1S/C5H5BrO2/c1-4(3-7)2-5(6)8/h2-3H,1H3/b4-2+. The first-order valence-electron chi connectivity index (χ1n) is 1.99. The van der Waals surface area contributed by atoms with Gasteiger partial charge in [0.2, 0.25) is 4.69 Å². The van der Waals surface area contributed by atoms with Crippen molar-refractivity contribution in [1.29, 1.82) is 0 Å². The summed E-state index contributed by atoms with van der Waals surface area (Å²) in [6, 6.07) is 0. The van der Waals surface area contributed by atoms with Gasteiger partial charge in [0.15, 0.2) is 0 Å². The van der Waals surface area contributed by atoms with Gasteiger partial charge in [-0.05, 0) is 34.5 Å². The molecule has 0 rings (SSSR count). The van der Waals surface area contributed by atoms with Crippen molar-refractivity contribution in [3.63, 3.8) is 0 Å². The minimum absolute atomic E-state index is 0.276. The number of carbonyl (C=O) groups excluding carboxylic acids is 2. The topological polar surface area (TPSA) is 34.1 Å².